The second kappa shape index (κ2) is 2.89. The first-order chi connectivity index (χ1) is 4.97. The van der Waals surface area contributed by atoms with E-state index in [1.54, 1.807) is 0 Å². The molecule has 0 radical (unpaired) electrons. The topological polar surface area (TPSA) is 12.5 Å². The Morgan fingerprint density at radius 2 is 2.00 bits per heavy atom. The van der Waals surface area contributed by atoms with Crippen LogP contribution in [0.3, 0.4) is 0 Å². The van der Waals surface area contributed by atoms with Crippen molar-refractivity contribution in [3.63, 3.8) is 0 Å². The van der Waals surface area contributed by atoms with Crippen LogP contribution in [0.2, 0.25) is 0 Å². The van der Waals surface area contributed by atoms with Crippen LogP contribution in [0.1, 0.15) is 25.7 Å². The largest absolute Gasteiger partial charge is 0.363 e. The fourth-order valence-electron chi connectivity index (χ4n) is 1.89. The smallest absolute Gasteiger partial charge is 0.110 e. The molecule has 0 spiro atoms. The molecule has 0 aromatic heterocycles. The molecule has 2 fully saturated rings. The van der Waals surface area contributed by atoms with Gasteiger partial charge in [0.15, 0.2) is 0 Å². The van der Waals surface area contributed by atoms with E-state index < -0.39 is 0 Å². The molecule has 2 heterocycles. The van der Waals surface area contributed by atoms with Gasteiger partial charge in [-0.1, -0.05) is 0 Å². The number of nitrogens with zero attached hydrogens (tertiary/aromatic N) is 1. The molecule has 0 bridgehead atoms. The van der Waals surface area contributed by atoms with Crippen molar-refractivity contribution in [1.29, 1.82) is 0 Å². The van der Waals surface area contributed by atoms with Crippen molar-refractivity contribution in [2.45, 2.75) is 31.9 Å². The summed E-state index contributed by atoms with van der Waals surface area (Å²) in [6.07, 6.45) is 5.72. The molecule has 58 valence electrons. The molecule has 2 rings (SSSR count). The van der Waals surface area contributed by atoms with E-state index in [9.17, 15) is 0 Å². The average molecular weight is 141 g/mol. The van der Waals surface area contributed by atoms with Gasteiger partial charge in [-0.15, -0.1) is 0 Å². The standard InChI is InChI=1S/C8H15NO/c1-2-5-9-6-3-7-10-8(9)4-1/h8H,1-7H2. The van der Waals surface area contributed by atoms with Gasteiger partial charge >= 0.3 is 0 Å². The Morgan fingerprint density at radius 3 is 2.90 bits per heavy atom. The molecule has 2 heteroatoms. The molecule has 2 nitrogen and oxygen atoms in total. The van der Waals surface area contributed by atoms with Crippen molar-refractivity contribution < 1.29 is 4.74 Å². The maximum atomic E-state index is 5.61. The minimum absolute atomic E-state index is 0.488. The van der Waals surface area contributed by atoms with Crippen LogP contribution in [-0.4, -0.2) is 30.8 Å². The van der Waals surface area contributed by atoms with Gasteiger partial charge in [-0.3, -0.25) is 4.90 Å². The molecule has 1 unspecified atom stereocenters. The van der Waals surface area contributed by atoms with Gasteiger partial charge in [-0.2, -0.15) is 0 Å². The van der Waals surface area contributed by atoms with Crippen LogP contribution in [0.4, 0.5) is 0 Å². The third-order valence-corrected chi connectivity index (χ3v) is 2.45. The van der Waals surface area contributed by atoms with Crippen LogP contribution in [-0.2, 0) is 4.74 Å². The molecule has 0 aliphatic carbocycles. The van der Waals surface area contributed by atoms with Gasteiger partial charge in [-0.25, -0.2) is 0 Å². The summed E-state index contributed by atoms with van der Waals surface area (Å²) in [4.78, 5) is 2.48. The lowest BCUT2D eigenvalue weighted by Crippen LogP contribution is -2.45. The van der Waals surface area contributed by atoms with Crippen molar-refractivity contribution in [1.82, 2.24) is 4.90 Å². The minimum Gasteiger partial charge on any atom is -0.363 e. The van der Waals surface area contributed by atoms with Crippen molar-refractivity contribution in [2.75, 3.05) is 19.7 Å². The van der Waals surface area contributed by atoms with Crippen molar-refractivity contribution >= 4 is 0 Å². The Labute approximate surface area is 62.2 Å². The Bertz CT molecular complexity index is 89.8. The van der Waals surface area contributed by atoms with Crippen molar-refractivity contribution in [2.24, 2.45) is 0 Å². The Kier molecular flexibility index (Phi) is 1.91. The number of hydrogen-bond donors (Lipinski definition) is 0. The fourth-order valence-corrected chi connectivity index (χ4v) is 1.89. The SMILES string of the molecule is C1CCN2CCCOC2C1. The number of fused-ring (bicyclic) bond motifs is 1. The predicted octanol–water partition coefficient (Wildman–Crippen LogP) is 1.22. The van der Waals surface area contributed by atoms with Gasteiger partial charge in [0.1, 0.15) is 6.23 Å². The van der Waals surface area contributed by atoms with Crippen LogP contribution in [0.25, 0.3) is 0 Å². The summed E-state index contributed by atoms with van der Waals surface area (Å²) in [5.74, 6) is 0. The molecule has 0 aromatic rings. The molecule has 2 aliphatic heterocycles. The Balaban J connectivity index is 1.93. The van der Waals surface area contributed by atoms with Crippen LogP contribution in [0.15, 0.2) is 0 Å². The van der Waals surface area contributed by atoms with E-state index in [1.807, 2.05) is 0 Å². The molecule has 0 saturated carbocycles. The quantitative estimate of drug-likeness (QED) is 0.503. The number of ether oxygens (including phenoxy) is 1. The first-order valence-corrected chi connectivity index (χ1v) is 4.32. The number of hydrogen-bond acceptors (Lipinski definition) is 2. The van der Waals surface area contributed by atoms with Gasteiger partial charge < -0.3 is 4.74 Å². The molecular weight excluding hydrogens is 126 g/mol. The third kappa shape index (κ3) is 1.18. The van der Waals surface area contributed by atoms with Crippen LogP contribution in [0.5, 0.6) is 0 Å². The van der Waals surface area contributed by atoms with Crippen molar-refractivity contribution in [3.8, 4) is 0 Å². The number of piperidine rings is 1. The highest BCUT2D eigenvalue weighted by Gasteiger charge is 2.24. The Hall–Kier alpha value is -0.0800. The minimum atomic E-state index is 0.488. The van der Waals surface area contributed by atoms with Gasteiger partial charge in [-0.05, 0) is 25.7 Å². The summed E-state index contributed by atoms with van der Waals surface area (Å²) < 4.78 is 5.61. The van der Waals surface area contributed by atoms with E-state index in [-0.39, 0.29) is 0 Å². The Morgan fingerprint density at radius 1 is 1.10 bits per heavy atom. The predicted molar refractivity (Wildman–Crippen MR) is 39.8 cm³/mol. The lowest BCUT2D eigenvalue weighted by Gasteiger charge is -2.38. The molecule has 10 heavy (non-hydrogen) atoms. The van der Waals surface area contributed by atoms with E-state index in [0.29, 0.717) is 6.23 Å². The van der Waals surface area contributed by atoms with Crippen LogP contribution >= 0.6 is 0 Å². The summed E-state index contributed by atoms with van der Waals surface area (Å²) in [6, 6.07) is 0. The maximum absolute atomic E-state index is 5.61. The average Bonchev–Trinajstić information content (AvgIpc) is 2.05. The molecule has 0 N–H and O–H groups in total. The van der Waals surface area contributed by atoms with Gasteiger partial charge in [0.05, 0.1) is 0 Å². The molecular formula is C8H15NO. The van der Waals surface area contributed by atoms with Crippen LogP contribution < -0.4 is 0 Å². The van der Waals surface area contributed by atoms with E-state index >= 15 is 0 Å². The van der Waals surface area contributed by atoms with Gasteiger partial charge in [0.25, 0.3) is 0 Å². The van der Waals surface area contributed by atoms with E-state index in [0.717, 1.165) is 6.61 Å². The fraction of sp³-hybridized carbons (Fsp3) is 1.00. The maximum Gasteiger partial charge on any atom is 0.110 e. The normalized spacial score (nSPS) is 35.4. The highest BCUT2D eigenvalue weighted by Crippen LogP contribution is 2.20. The lowest BCUT2D eigenvalue weighted by molar-refractivity contribution is -0.112. The zero-order valence-corrected chi connectivity index (χ0v) is 6.38. The molecule has 0 amide bonds. The molecule has 1 atom stereocenters. The van der Waals surface area contributed by atoms with Crippen molar-refractivity contribution in [3.05, 3.63) is 0 Å². The summed E-state index contributed by atoms with van der Waals surface area (Å²) in [5, 5.41) is 0. The summed E-state index contributed by atoms with van der Waals surface area (Å²) in [7, 11) is 0. The molecule has 0 aromatic carbocycles. The second-order valence-electron chi connectivity index (χ2n) is 3.21. The molecule has 2 saturated heterocycles. The number of rotatable bonds is 0. The third-order valence-electron chi connectivity index (χ3n) is 2.45. The second-order valence-corrected chi connectivity index (χ2v) is 3.21. The van der Waals surface area contributed by atoms with Gasteiger partial charge in [0.2, 0.25) is 0 Å². The highest BCUT2D eigenvalue weighted by molar-refractivity contribution is 4.72. The highest BCUT2D eigenvalue weighted by atomic mass is 16.5. The first kappa shape index (κ1) is 6.62. The zero-order valence-electron chi connectivity index (χ0n) is 6.38. The van der Waals surface area contributed by atoms with Crippen LogP contribution in [0, 0.1) is 0 Å². The summed E-state index contributed by atoms with van der Waals surface area (Å²) in [6.45, 7) is 3.52. The van der Waals surface area contributed by atoms with Gasteiger partial charge in [0, 0.05) is 19.7 Å². The van der Waals surface area contributed by atoms with E-state index in [2.05, 4.69) is 4.90 Å². The summed E-state index contributed by atoms with van der Waals surface area (Å²) >= 11 is 0. The first-order valence-electron chi connectivity index (χ1n) is 4.32. The molecule has 2 aliphatic rings. The van der Waals surface area contributed by atoms with E-state index in [1.165, 1.54) is 38.8 Å². The van der Waals surface area contributed by atoms with E-state index in [4.69, 9.17) is 4.74 Å². The monoisotopic (exact) mass is 141 g/mol. The summed E-state index contributed by atoms with van der Waals surface area (Å²) in [5.41, 5.74) is 0. The zero-order chi connectivity index (χ0) is 6.81. The lowest BCUT2D eigenvalue weighted by atomic mass is 10.1.